The third kappa shape index (κ3) is 3.58. The maximum absolute atomic E-state index is 12.2. The minimum Gasteiger partial charge on any atom is -0.496 e. The van der Waals surface area contributed by atoms with Crippen molar-refractivity contribution in [2.45, 2.75) is 13.2 Å². The average molecular weight is 304 g/mol. The van der Waals surface area contributed by atoms with Crippen molar-refractivity contribution in [1.29, 1.82) is 0 Å². The van der Waals surface area contributed by atoms with Crippen LogP contribution in [0.25, 0.3) is 6.08 Å². The molecule has 0 bridgehead atoms. The Morgan fingerprint density at radius 3 is 2.71 bits per heavy atom. The van der Waals surface area contributed by atoms with E-state index in [1.54, 1.807) is 29.5 Å². The van der Waals surface area contributed by atoms with Crippen LogP contribution in [0.2, 0.25) is 0 Å². The fourth-order valence-electron chi connectivity index (χ4n) is 1.99. The van der Waals surface area contributed by atoms with Crippen molar-refractivity contribution >= 4 is 23.2 Å². The number of aliphatic hydroxyl groups excluding tert-OH is 2. The highest BCUT2D eigenvalue weighted by atomic mass is 32.1. The molecule has 5 heteroatoms. The van der Waals surface area contributed by atoms with E-state index in [-0.39, 0.29) is 19.0 Å². The van der Waals surface area contributed by atoms with Crippen molar-refractivity contribution in [3.8, 4) is 5.75 Å². The Balaban J connectivity index is 2.33. The maximum Gasteiger partial charge on any atom is 0.186 e. The number of ether oxygens (including phenoxy) is 1. The van der Waals surface area contributed by atoms with E-state index in [9.17, 15) is 15.0 Å². The summed E-state index contributed by atoms with van der Waals surface area (Å²) < 4.78 is 5.17. The van der Waals surface area contributed by atoms with Crippen molar-refractivity contribution in [3.05, 3.63) is 57.3 Å². The van der Waals surface area contributed by atoms with E-state index in [1.807, 2.05) is 17.5 Å². The van der Waals surface area contributed by atoms with E-state index < -0.39 is 0 Å². The summed E-state index contributed by atoms with van der Waals surface area (Å²) in [6.45, 7) is -0.513. The van der Waals surface area contributed by atoms with E-state index in [0.717, 1.165) is 4.88 Å². The highest BCUT2D eigenvalue weighted by molar-refractivity contribution is 7.10. The van der Waals surface area contributed by atoms with E-state index in [0.29, 0.717) is 22.4 Å². The lowest BCUT2D eigenvalue weighted by Crippen LogP contribution is -2.03. The quantitative estimate of drug-likeness (QED) is 0.636. The second kappa shape index (κ2) is 7.17. The van der Waals surface area contributed by atoms with Gasteiger partial charge in [-0.05, 0) is 41.3 Å². The minimum atomic E-state index is -0.262. The lowest BCUT2D eigenvalue weighted by molar-refractivity contribution is 0.104. The van der Waals surface area contributed by atoms with Gasteiger partial charge in [0, 0.05) is 16.0 Å². The van der Waals surface area contributed by atoms with Gasteiger partial charge in [-0.15, -0.1) is 11.3 Å². The summed E-state index contributed by atoms with van der Waals surface area (Å²) in [5, 5.41) is 20.6. The largest absolute Gasteiger partial charge is 0.496 e. The van der Waals surface area contributed by atoms with Crippen LogP contribution in [0.1, 0.15) is 26.4 Å². The molecular weight excluding hydrogens is 288 g/mol. The van der Waals surface area contributed by atoms with Crippen molar-refractivity contribution < 1.29 is 19.7 Å². The standard InChI is InChI=1S/C16H16O4S/c1-20-16-8-11(7-12(9-17)14(16)10-18)15(19)5-4-13-3-2-6-21-13/h2-8,17-18H,9-10H2,1H3/b5-4+. The molecule has 0 saturated carbocycles. The van der Waals surface area contributed by atoms with Crippen LogP contribution in [0.5, 0.6) is 5.75 Å². The normalized spacial score (nSPS) is 11.0. The number of benzene rings is 1. The van der Waals surface area contributed by atoms with Gasteiger partial charge in [0.2, 0.25) is 0 Å². The fourth-order valence-corrected chi connectivity index (χ4v) is 2.61. The number of thiophene rings is 1. The van der Waals surface area contributed by atoms with Gasteiger partial charge in [0.25, 0.3) is 0 Å². The lowest BCUT2D eigenvalue weighted by Gasteiger charge is -2.12. The number of hydrogen-bond acceptors (Lipinski definition) is 5. The summed E-state index contributed by atoms with van der Waals surface area (Å²) in [6, 6.07) is 6.99. The van der Waals surface area contributed by atoms with Crippen LogP contribution in [0.3, 0.4) is 0 Å². The summed E-state index contributed by atoms with van der Waals surface area (Å²) in [4.78, 5) is 13.2. The number of methoxy groups -OCH3 is 1. The molecule has 1 aromatic carbocycles. The van der Waals surface area contributed by atoms with Gasteiger partial charge in [-0.25, -0.2) is 0 Å². The molecule has 0 spiro atoms. The highest BCUT2D eigenvalue weighted by Gasteiger charge is 2.13. The smallest absolute Gasteiger partial charge is 0.186 e. The number of hydrogen-bond donors (Lipinski definition) is 2. The number of aliphatic hydroxyl groups is 2. The Labute approximate surface area is 126 Å². The molecule has 1 heterocycles. The predicted molar refractivity (Wildman–Crippen MR) is 82.5 cm³/mol. The molecule has 2 rings (SSSR count). The zero-order chi connectivity index (χ0) is 15.2. The fraction of sp³-hybridized carbons (Fsp3) is 0.188. The van der Waals surface area contributed by atoms with Crippen LogP contribution in [-0.2, 0) is 13.2 Å². The monoisotopic (exact) mass is 304 g/mol. The average Bonchev–Trinajstić information content (AvgIpc) is 3.04. The topological polar surface area (TPSA) is 66.8 Å². The third-order valence-electron chi connectivity index (χ3n) is 3.08. The molecule has 110 valence electrons. The Hall–Kier alpha value is -1.95. The van der Waals surface area contributed by atoms with E-state index in [2.05, 4.69) is 0 Å². The first-order chi connectivity index (χ1) is 10.2. The third-order valence-corrected chi connectivity index (χ3v) is 3.91. The second-order valence-electron chi connectivity index (χ2n) is 4.35. The molecular formula is C16H16O4S. The van der Waals surface area contributed by atoms with Gasteiger partial charge < -0.3 is 14.9 Å². The molecule has 2 N–H and O–H groups in total. The van der Waals surface area contributed by atoms with Gasteiger partial charge in [-0.2, -0.15) is 0 Å². The van der Waals surface area contributed by atoms with Gasteiger partial charge in [0.15, 0.2) is 5.78 Å². The molecule has 0 radical (unpaired) electrons. The van der Waals surface area contributed by atoms with Crippen molar-refractivity contribution in [2.24, 2.45) is 0 Å². The summed E-state index contributed by atoms with van der Waals surface area (Å²) >= 11 is 1.54. The van der Waals surface area contributed by atoms with Gasteiger partial charge in [-0.1, -0.05) is 6.07 Å². The molecule has 0 amide bonds. The van der Waals surface area contributed by atoms with Gasteiger partial charge in [0.05, 0.1) is 20.3 Å². The maximum atomic E-state index is 12.2. The number of rotatable bonds is 6. The second-order valence-corrected chi connectivity index (χ2v) is 5.32. The van der Waals surface area contributed by atoms with Crippen molar-refractivity contribution in [3.63, 3.8) is 0 Å². The zero-order valence-electron chi connectivity index (χ0n) is 11.6. The van der Waals surface area contributed by atoms with Gasteiger partial charge in [0.1, 0.15) is 5.75 Å². The van der Waals surface area contributed by atoms with Crippen molar-refractivity contribution in [1.82, 2.24) is 0 Å². The zero-order valence-corrected chi connectivity index (χ0v) is 12.4. The predicted octanol–water partition coefficient (Wildman–Crippen LogP) is 2.64. The van der Waals surface area contributed by atoms with Crippen LogP contribution in [0, 0.1) is 0 Å². The Kier molecular flexibility index (Phi) is 5.27. The molecule has 21 heavy (non-hydrogen) atoms. The molecule has 0 fully saturated rings. The van der Waals surface area contributed by atoms with Gasteiger partial charge in [-0.3, -0.25) is 4.79 Å². The molecule has 0 aliphatic carbocycles. The molecule has 0 aliphatic rings. The molecule has 4 nitrogen and oxygen atoms in total. The van der Waals surface area contributed by atoms with Crippen LogP contribution < -0.4 is 4.74 Å². The molecule has 0 unspecified atom stereocenters. The first-order valence-corrected chi connectivity index (χ1v) is 7.25. The molecule has 0 aliphatic heterocycles. The lowest BCUT2D eigenvalue weighted by atomic mass is 10.0. The van der Waals surface area contributed by atoms with Gasteiger partial charge >= 0.3 is 0 Å². The Morgan fingerprint density at radius 2 is 2.14 bits per heavy atom. The summed E-state index contributed by atoms with van der Waals surface area (Å²) in [5.74, 6) is 0.220. The molecule has 2 aromatic rings. The van der Waals surface area contributed by atoms with E-state index in [1.165, 1.54) is 13.2 Å². The first kappa shape index (κ1) is 15.4. The molecule has 0 atom stereocenters. The van der Waals surface area contributed by atoms with Crippen LogP contribution >= 0.6 is 11.3 Å². The minimum absolute atomic E-state index is 0.180. The van der Waals surface area contributed by atoms with Crippen molar-refractivity contribution in [2.75, 3.05) is 7.11 Å². The molecule has 1 aromatic heterocycles. The highest BCUT2D eigenvalue weighted by Crippen LogP contribution is 2.25. The van der Waals surface area contributed by atoms with Crippen LogP contribution in [-0.4, -0.2) is 23.1 Å². The Morgan fingerprint density at radius 1 is 1.33 bits per heavy atom. The molecule has 0 saturated heterocycles. The summed E-state index contributed by atoms with van der Waals surface area (Å²) in [6.07, 6.45) is 3.23. The van der Waals surface area contributed by atoms with Crippen LogP contribution in [0.4, 0.5) is 0 Å². The summed E-state index contributed by atoms with van der Waals surface area (Å²) in [7, 11) is 1.46. The number of carbonyl (C=O) groups excluding carboxylic acids is 1. The van der Waals surface area contributed by atoms with E-state index >= 15 is 0 Å². The SMILES string of the molecule is COc1cc(C(=O)/C=C/c2cccs2)cc(CO)c1CO. The number of allylic oxidation sites excluding steroid dienone is 1. The van der Waals surface area contributed by atoms with E-state index in [4.69, 9.17) is 4.74 Å². The van der Waals surface area contributed by atoms with Crippen LogP contribution in [0.15, 0.2) is 35.7 Å². The summed E-state index contributed by atoms with van der Waals surface area (Å²) in [5.41, 5.74) is 1.41. The first-order valence-electron chi connectivity index (χ1n) is 6.37. The number of ketones is 1. The number of carbonyl (C=O) groups is 1. The Bertz CT molecular complexity index is 619.